The highest BCUT2D eigenvalue weighted by Gasteiger charge is 2.18. The van der Waals surface area contributed by atoms with Crippen LogP contribution in [-0.2, 0) is 0 Å². The molecule has 0 saturated heterocycles. The van der Waals surface area contributed by atoms with Crippen LogP contribution in [-0.4, -0.2) is 10.2 Å². The van der Waals surface area contributed by atoms with Crippen molar-refractivity contribution < 1.29 is 4.42 Å². The average Bonchev–Trinajstić information content (AvgIpc) is 2.96. The van der Waals surface area contributed by atoms with Crippen LogP contribution in [0.4, 0.5) is 0 Å². The topological polar surface area (TPSA) is 38.9 Å². The van der Waals surface area contributed by atoms with Crippen molar-refractivity contribution in [2.45, 2.75) is 5.38 Å². The molecule has 0 spiro atoms. The van der Waals surface area contributed by atoms with Gasteiger partial charge in [-0.05, 0) is 23.8 Å². The van der Waals surface area contributed by atoms with E-state index in [0.717, 1.165) is 15.6 Å². The Bertz CT molecular complexity index is 741. The molecular formula is C15H9BrCl2N2O. The van der Waals surface area contributed by atoms with Gasteiger partial charge in [0.15, 0.2) is 0 Å². The summed E-state index contributed by atoms with van der Waals surface area (Å²) in [6.45, 7) is 0. The van der Waals surface area contributed by atoms with E-state index in [4.69, 9.17) is 27.6 Å². The first-order chi connectivity index (χ1) is 10.1. The first kappa shape index (κ1) is 14.6. The Morgan fingerprint density at radius 1 is 1.05 bits per heavy atom. The number of hydrogen-bond donors (Lipinski definition) is 0. The summed E-state index contributed by atoms with van der Waals surface area (Å²) in [4.78, 5) is 0. The molecule has 0 bridgehead atoms. The molecule has 1 atom stereocenters. The van der Waals surface area contributed by atoms with Gasteiger partial charge in [-0.2, -0.15) is 0 Å². The molecule has 0 N–H and O–H groups in total. The second-order valence-corrected chi connectivity index (χ2v) is 6.17. The minimum absolute atomic E-state index is 0.356. The highest BCUT2D eigenvalue weighted by Crippen LogP contribution is 2.31. The van der Waals surface area contributed by atoms with Crippen LogP contribution in [0.2, 0.25) is 5.02 Å². The molecule has 0 aliphatic heterocycles. The van der Waals surface area contributed by atoms with Crippen molar-refractivity contribution in [1.29, 1.82) is 0 Å². The smallest absolute Gasteiger partial charge is 0.247 e. The number of rotatable bonds is 3. The lowest BCUT2D eigenvalue weighted by atomic mass is 10.1. The van der Waals surface area contributed by atoms with Crippen LogP contribution >= 0.6 is 39.1 Å². The van der Waals surface area contributed by atoms with Crippen LogP contribution < -0.4 is 0 Å². The van der Waals surface area contributed by atoms with Gasteiger partial charge in [0.1, 0.15) is 5.38 Å². The van der Waals surface area contributed by atoms with Crippen LogP contribution in [0.3, 0.4) is 0 Å². The van der Waals surface area contributed by atoms with E-state index in [1.165, 1.54) is 0 Å². The number of halogens is 3. The van der Waals surface area contributed by atoms with E-state index in [2.05, 4.69) is 26.1 Å². The minimum Gasteiger partial charge on any atom is -0.419 e. The molecule has 2 aromatic carbocycles. The SMILES string of the molecule is Clc1cc(Br)cc(-c2nnc(C(Cl)c3ccccc3)o2)c1. The Labute approximate surface area is 140 Å². The molecule has 1 aromatic heterocycles. The van der Waals surface area contributed by atoms with Gasteiger partial charge >= 0.3 is 0 Å². The molecule has 3 aromatic rings. The normalized spacial score (nSPS) is 12.3. The Morgan fingerprint density at radius 3 is 2.52 bits per heavy atom. The molecule has 6 heteroatoms. The van der Waals surface area contributed by atoms with Crippen molar-refractivity contribution in [3.05, 3.63) is 69.5 Å². The summed E-state index contributed by atoms with van der Waals surface area (Å²) in [6, 6.07) is 15.0. The molecule has 1 unspecified atom stereocenters. The van der Waals surface area contributed by atoms with Gasteiger partial charge in [0.25, 0.3) is 0 Å². The fourth-order valence-corrected chi connectivity index (χ4v) is 2.99. The van der Waals surface area contributed by atoms with Crippen LogP contribution in [0.1, 0.15) is 16.8 Å². The summed E-state index contributed by atoms with van der Waals surface area (Å²) in [5.74, 6) is 0.740. The fourth-order valence-electron chi connectivity index (χ4n) is 1.90. The first-order valence-corrected chi connectivity index (χ1v) is 7.73. The van der Waals surface area contributed by atoms with E-state index in [-0.39, 0.29) is 0 Å². The molecule has 0 aliphatic rings. The monoisotopic (exact) mass is 382 g/mol. The van der Waals surface area contributed by atoms with Crippen LogP contribution in [0, 0.1) is 0 Å². The molecule has 0 saturated carbocycles. The predicted octanol–water partition coefficient (Wildman–Crippen LogP) is 5.48. The van der Waals surface area contributed by atoms with E-state index < -0.39 is 5.38 Å². The number of alkyl halides is 1. The molecule has 0 fully saturated rings. The van der Waals surface area contributed by atoms with Gasteiger partial charge in [0.05, 0.1) is 0 Å². The Kier molecular flexibility index (Phi) is 4.29. The van der Waals surface area contributed by atoms with Crippen molar-refractivity contribution in [3.63, 3.8) is 0 Å². The molecule has 3 rings (SSSR count). The minimum atomic E-state index is -0.477. The summed E-state index contributed by atoms with van der Waals surface area (Å²) < 4.78 is 6.51. The van der Waals surface area contributed by atoms with Crippen LogP contribution in [0.5, 0.6) is 0 Å². The molecule has 3 nitrogen and oxygen atoms in total. The number of benzene rings is 2. The Hall–Kier alpha value is -1.36. The molecule has 0 aliphatic carbocycles. The van der Waals surface area contributed by atoms with Crippen molar-refractivity contribution in [3.8, 4) is 11.5 Å². The van der Waals surface area contributed by atoms with Crippen molar-refractivity contribution >= 4 is 39.1 Å². The predicted molar refractivity (Wildman–Crippen MR) is 86.6 cm³/mol. The van der Waals surface area contributed by atoms with E-state index in [1.807, 2.05) is 36.4 Å². The van der Waals surface area contributed by atoms with E-state index >= 15 is 0 Å². The van der Waals surface area contributed by atoms with Gasteiger partial charge in [-0.1, -0.05) is 57.9 Å². The maximum atomic E-state index is 6.36. The Balaban J connectivity index is 1.93. The first-order valence-electron chi connectivity index (χ1n) is 6.12. The quantitative estimate of drug-likeness (QED) is 0.562. The van der Waals surface area contributed by atoms with Gasteiger partial charge in [-0.25, -0.2) is 0 Å². The van der Waals surface area contributed by atoms with Crippen molar-refractivity contribution in [1.82, 2.24) is 10.2 Å². The van der Waals surface area contributed by atoms with Crippen LogP contribution in [0.15, 0.2) is 57.4 Å². The molecular weight excluding hydrogens is 375 g/mol. The second kappa shape index (κ2) is 6.18. The van der Waals surface area contributed by atoms with Crippen LogP contribution in [0.25, 0.3) is 11.5 Å². The molecule has 21 heavy (non-hydrogen) atoms. The second-order valence-electron chi connectivity index (χ2n) is 4.38. The molecule has 106 valence electrons. The van der Waals surface area contributed by atoms with Gasteiger partial charge in [0, 0.05) is 15.1 Å². The zero-order chi connectivity index (χ0) is 14.8. The highest BCUT2D eigenvalue weighted by atomic mass is 79.9. The standard InChI is InChI=1S/C15H9BrCl2N2O/c16-11-6-10(7-12(17)8-11)14-19-20-15(21-14)13(18)9-4-2-1-3-5-9/h1-8,13H. The summed E-state index contributed by atoms with van der Waals surface area (Å²) in [5, 5.41) is 8.17. The summed E-state index contributed by atoms with van der Waals surface area (Å²) in [7, 11) is 0. The summed E-state index contributed by atoms with van der Waals surface area (Å²) in [5.41, 5.74) is 1.65. The Morgan fingerprint density at radius 2 is 1.81 bits per heavy atom. The summed E-state index contributed by atoms with van der Waals surface area (Å²) >= 11 is 15.8. The fraction of sp³-hybridized carbons (Fsp3) is 0.0667. The lowest BCUT2D eigenvalue weighted by Gasteiger charge is -2.04. The maximum Gasteiger partial charge on any atom is 0.247 e. The zero-order valence-corrected chi connectivity index (χ0v) is 13.7. The molecule has 0 amide bonds. The van der Waals surface area contributed by atoms with E-state index in [0.29, 0.717) is 16.8 Å². The maximum absolute atomic E-state index is 6.36. The molecule has 0 radical (unpaired) electrons. The third-order valence-corrected chi connectivity index (χ3v) is 3.97. The highest BCUT2D eigenvalue weighted by molar-refractivity contribution is 9.10. The third kappa shape index (κ3) is 3.28. The average molecular weight is 384 g/mol. The van der Waals surface area contributed by atoms with E-state index in [9.17, 15) is 0 Å². The van der Waals surface area contributed by atoms with Crippen molar-refractivity contribution in [2.24, 2.45) is 0 Å². The van der Waals surface area contributed by atoms with Gasteiger partial charge in [-0.3, -0.25) is 0 Å². The zero-order valence-electron chi connectivity index (χ0n) is 10.6. The van der Waals surface area contributed by atoms with Gasteiger partial charge in [0.2, 0.25) is 11.8 Å². The van der Waals surface area contributed by atoms with Crippen molar-refractivity contribution in [2.75, 3.05) is 0 Å². The lowest BCUT2D eigenvalue weighted by molar-refractivity contribution is 0.513. The van der Waals surface area contributed by atoms with E-state index in [1.54, 1.807) is 12.1 Å². The van der Waals surface area contributed by atoms with Gasteiger partial charge in [-0.15, -0.1) is 21.8 Å². The number of aromatic nitrogens is 2. The lowest BCUT2D eigenvalue weighted by Crippen LogP contribution is -1.92. The summed E-state index contributed by atoms with van der Waals surface area (Å²) in [6.07, 6.45) is 0. The van der Waals surface area contributed by atoms with Gasteiger partial charge < -0.3 is 4.42 Å². The number of nitrogens with zero attached hydrogens (tertiary/aromatic N) is 2. The largest absolute Gasteiger partial charge is 0.419 e. The number of hydrogen-bond acceptors (Lipinski definition) is 3. The third-order valence-electron chi connectivity index (χ3n) is 2.86. The molecule has 1 heterocycles.